The summed E-state index contributed by atoms with van der Waals surface area (Å²) in [5.41, 5.74) is 0.839. The molecule has 1 N–H and O–H groups in total. The zero-order valence-corrected chi connectivity index (χ0v) is 13.1. The van der Waals surface area contributed by atoms with Crippen LogP contribution in [0, 0.1) is 0 Å². The standard InChI is InChI=1S/C15H16N2O4S/c1-3-14(19)21-13-9-22-15(17-13)16-12(18)8-10-5-4-6-11(7-10)20-2/h4-7,9H,3,8H2,1-2H3,(H,16,17,18). The molecule has 1 heterocycles. The van der Waals surface area contributed by atoms with Crippen molar-refractivity contribution in [2.24, 2.45) is 0 Å². The summed E-state index contributed by atoms with van der Waals surface area (Å²) in [6.45, 7) is 1.70. The van der Waals surface area contributed by atoms with Gasteiger partial charge in [-0.05, 0) is 17.7 Å². The molecule has 0 aliphatic carbocycles. The number of nitrogens with one attached hydrogen (secondary N) is 1. The molecule has 116 valence electrons. The number of amides is 1. The molecular weight excluding hydrogens is 304 g/mol. The van der Waals surface area contributed by atoms with Crippen molar-refractivity contribution in [1.82, 2.24) is 4.98 Å². The van der Waals surface area contributed by atoms with Crippen molar-refractivity contribution < 1.29 is 19.1 Å². The molecule has 0 unspecified atom stereocenters. The third-order valence-electron chi connectivity index (χ3n) is 2.74. The van der Waals surface area contributed by atoms with E-state index in [1.54, 1.807) is 25.5 Å². The number of aromatic nitrogens is 1. The highest BCUT2D eigenvalue weighted by Crippen LogP contribution is 2.22. The smallest absolute Gasteiger partial charge is 0.312 e. The van der Waals surface area contributed by atoms with Crippen LogP contribution in [0.1, 0.15) is 18.9 Å². The van der Waals surface area contributed by atoms with Gasteiger partial charge in [-0.15, -0.1) is 11.3 Å². The Balaban J connectivity index is 1.93. The van der Waals surface area contributed by atoms with Gasteiger partial charge in [0.05, 0.1) is 18.9 Å². The molecule has 0 aliphatic heterocycles. The van der Waals surface area contributed by atoms with E-state index in [2.05, 4.69) is 10.3 Å². The normalized spacial score (nSPS) is 10.1. The van der Waals surface area contributed by atoms with Gasteiger partial charge in [-0.1, -0.05) is 19.1 Å². The van der Waals surface area contributed by atoms with E-state index in [0.29, 0.717) is 10.9 Å². The largest absolute Gasteiger partial charge is 0.497 e. The fraction of sp³-hybridized carbons (Fsp3) is 0.267. The van der Waals surface area contributed by atoms with Gasteiger partial charge in [-0.3, -0.25) is 9.59 Å². The molecule has 0 saturated carbocycles. The zero-order chi connectivity index (χ0) is 15.9. The lowest BCUT2D eigenvalue weighted by molar-refractivity contribution is -0.134. The first kappa shape index (κ1) is 16.0. The first-order valence-corrected chi connectivity index (χ1v) is 7.57. The predicted octanol–water partition coefficient (Wildman–Crippen LogP) is 2.65. The first-order chi connectivity index (χ1) is 10.6. The Kier molecular flexibility index (Phi) is 5.48. The molecule has 0 spiro atoms. The van der Waals surface area contributed by atoms with E-state index < -0.39 is 0 Å². The number of benzene rings is 1. The van der Waals surface area contributed by atoms with Crippen LogP contribution in [0.25, 0.3) is 0 Å². The third kappa shape index (κ3) is 4.56. The Morgan fingerprint density at radius 2 is 2.18 bits per heavy atom. The Labute approximate surface area is 132 Å². The van der Waals surface area contributed by atoms with Gasteiger partial charge in [0, 0.05) is 6.42 Å². The lowest BCUT2D eigenvalue weighted by Crippen LogP contribution is -2.14. The molecule has 0 atom stereocenters. The van der Waals surface area contributed by atoms with Crippen LogP contribution in [-0.4, -0.2) is 24.0 Å². The quantitative estimate of drug-likeness (QED) is 0.828. The number of carbonyl (C=O) groups excluding carboxylic acids is 2. The van der Waals surface area contributed by atoms with Crippen LogP contribution in [0.15, 0.2) is 29.6 Å². The van der Waals surface area contributed by atoms with Crippen molar-refractivity contribution in [2.45, 2.75) is 19.8 Å². The van der Waals surface area contributed by atoms with Crippen LogP contribution < -0.4 is 14.8 Å². The van der Waals surface area contributed by atoms with Gasteiger partial charge in [0.15, 0.2) is 5.13 Å². The van der Waals surface area contributed by atoms with Crippen LogP contribution in [0.4, 0.5) is 5.13 Å². The van der Waals surface area contributed by atoms with Crippen molar-refractivity contribution in [3.05, 3.63) is 35.2 Å². The van der Waals surface area contributed by atoms with E-state index in [0.717, 1.165) is 5.56 Å². The number of nitrogens with zero attached hydrogens (tertiary/aromatic N) is 1. The summed E-state index contributed by atoms with van der Waals surface area (Å²) in [4.78, 5) is 27.2. The molecule has 1 aromatic carbocycles. The average molecular weight is 320 g/mol. The van der Waals surface area contributed by atoms with Crippen molar-refractivity contribution in [3.8, 4) is 11.6 Å². The number of hydrogen-bond donors (Lipinski definition) is 1. The van der Waals surface area contributed by atoms with E-state index >= 15 is 0 Å². The zero-order valence-electron chi connectivity index (χ0n) is 12.3. The number of methoxy groups -OCH3 is 1. The molecule has 2 rings (SSSR count). The van der Waals surface area contributed by atoms with Crippen LogP contribution in [0.5, 0.6) is 11.6 Å². The van der Waals surface area contributed by atoms with Gasteiger partial charge in [-0.2, -0.15) is 4.98 Å². The number of carbonyl (C=O) groups is 2. The molecule has 1 aromatic heterocycles. The van der Waals surface area contributed by atoms with Gasteiger partial charge in [0.25, 0.3) is 0 Å². The van der Waals surface area contributed by atoms with Crippen molar-refractivity contribution in [3.63, 3.8) is 0 Å². The van der Waals surface area contributed by atoms with Crippen molar-refractivity contribution in [1.29, 1.82) is 0 Å². The average Bonchev–Trinajstić information content (AvgIpc) is 2.94. The minimum atomic E-state index is -0.362. The molecule has 2 aromatic rings. The summed E-state index contributed by atoms with van der Waals surface area (Å²) in [6, 6.07) is 7.29. The second-order valence-corrected chi connectivity index (χ2v) is 5.25. The number of rotatable bonds is 6. The number of thiazole rings is 1. The Morgan fingerprint density at radius 1 is 1.36 bits per heavy atom. The highest BCUT2D eigenvalue weighted by Gasteiger charge is 2.10. The van der Waals surface area contributed by atoms with Gasteiger partial charge in [-0.25, -0.2) is 0 Å². The molecule has 0 aliphatic rings. The minimum Gasteiger partial charge on any atom is -0.497 e. The SMILES string of the molecule is CCC(=O)Oc1csc(NC(=O)Cc2cccc(OC)c2)n1. The van der Waals surface area contributed by atoms with Gasteiger partial charge >= 0.3 is 5.97 Å². The molecule has 6 nitrogen and oxygen atoms in total. The van der Waals surface area contributed by atoms with Crippen molar-refractivity contribution in [2.75, 3.05) is 12.4 Å². The molecule has 0 fully saturated rings. The second-order valence-electron chi connectivity index (χ2n) is 4.40. The Morgan fingerprint density at radius 3 is 2.91 bits per heavy atom. The summed E-state index contributed by atoms with van der Waals surface area (Å²) >= 11 is 1.20. The van der Waals surface area contributed by atoms with Gasteiger partial charge in [0.2, 0.25) is 11.8 Å². The van der Waals surface area contributed by atoms with E-state index in [1.165, 1.54) is 11.3 Å². The summed E-state index contributed by atoms with van der Waals surface area (Å²) in [7, 11) is 1.58. The molecule has 1 amide bonds. The van der Waals surface area contributed by atoms with Gasteiger partial charge < -0.3 is 14.8 Å². The second kappa shape index (κ2) is 7.56. The maximum absolute atomic E-state index is 12.0. The van der Waals surface area contributed by atoms with Gasteiger partial charge in [0.1, 0.15) is 5.75 Å². The number of ether oxygens (including phenoxy) is 2. The molecular formula is C15H16N2O4S. The molecule has 0 saturated heterocycles. The number of esters is 1. The predicted molar refractivity (Wildman–Crippen MR) is 83.4 cm³/mol. The summed E-state index contributed by atoms with van der Waals surface area (Å²) in [6.07, 6.45) is 0.482. The maximum Gasteiger partial charge on any atom is 0.312 e. The van der Waals surface area contributed by atoms with E-state index in [9.17, 15) is 9.59 Å². The molecule has 22 heavy (non-hydrogen) atoms. The highest BCUT2D eigenvalue weighted by molar-refractivity contribution is 7.14. The Hall–Kier alpha value is -2.41. The number of anilines is 1. The summed E-state index contributed by atoms with van der Waals surface area (Å²) < 4.78 is 10.1. The fourth-order valence-electron chi connectivity index (χ4n) is 1.68. The number of hydrogen-bond acceptors (Lipinski definition) is 6. The Bertz CT molecular complexity index is 669. The van der Waals surface area contributed by atoms with E-state index in [4.69, 9.17) is 9.47 Å². The van der Waals surface area contributed by atoms with Crippen LogP contribution in [-0.2, 0) is 16.0 Å². The van der Waals surface area contributed by atoms with E-state index in [-0.39, 0.29) is 30.6 Å². The van der Waals surface area contributed by atoms with Crippen LogP contribution >= 0.6 is 11.3 Å². The lowest BCUT2D eigenvalue weighted by atomic mass is 10.1. The third-order valence-corrected chi connectivity index (χ3v) is 3.47. The molecule has 7 heteroatoms. The topological polar surface area (TPSA) is 77.5 Å². The first-order valence-electron chi connectivity index (χ1n) is 6.69. The molecule has 0 bridgehead atoms. The van der Waals surface area contributed by atoms with Crippen LogP contribution in [0.3, 0.4) is 0 Å². The van der Waals surface area contributed by atoms with E-state index in [1.807, 2.05) is 18.2 Å². The fourth-order valence-corrected chi connectivity index (χ4v) is 2.31. The van der Waals surface area contributed by atoms with Crippen LogP contribution in [0.2, 0.25) is 0 Å². The van der Waals surface area contributed by atoms with Crippen molar-refractivity contribution >= 4 is 28.3 Å². The minimum absolute atomic E-state index is 0.198. The summed E-state index contributed by atoms with van der Waals surface area (Å²) in [5.74, 6) is 0.345. The summed E-state index contributed by atoms with van der Waals surface area (Å²) in [5, 5.41) is 4.65. The maximum atomic E-state index is 12.0. The molecule has 0 radical (unpaired) electrons. The monoisotopic (exact) mass is 320 g/mol. The highest BCUT2D eigenvalue weighted by atomic mass is 32.1. The lowest BCUT2D eigenvalue weighted by Gasteiger charge is -2.04.